The molecule has 1 unspecified atom stereocenters. The number of aryl methyl sites for hydroxylation is 1. The lowest BCUT2D eigenvalue weighted by Crippen LogP contribution is -2.37. The van der Waals surface area contributed by atoms with Gasteiger partial charge in [-0.1, -0.05) is 35.5 Å². The average Bonchev–Trinajstić information content (AvgIpc) is 3.46. The Bertz CT molecular complexity index is 1110. The number of sulfone groups is 1. The van der Waals surface area contributed by atoms with Crippen LogP contribution in [-0.2, 0) is 21.1 Å². The van der Waals surface area contributed by atoms with Crippen molar-refractivity contribution in [2.75, 3.05) is 31.8 Å². The van der Waals surface area contributed by atoms with Crippen LogP contribution in [0.15, 0.2) is 39.3 Å². The smallest absolute Gasteiger partial charge is 0.253 e. The third-order valence-electron chi connectivity index (χ3n) is 5.45. The number of benzene rings is 1. The van der Waals surface area contributed by atoms with Crippen LogP contribution in [0.3, 0.4) is 0 Å². The largest absolute Gasteiger partial charge is 0.419 e. The first-order chi connectivity index (χ1) is 15.0. The maximum absolute atomic E-state index is 12.0. The number of rotatable bonds is 9. The van der Waals surface area contributed by atoms with E-state index in [4.69, 9.17) is 13.7 Å². The molecule has 0 spiro atoms. The molecular formula is C21H26N4O5S. The molecular weight excluding hydrogens is 420 g/mol. The van der Waals surface area contributed by atoms with Crippen molar-refractivity contribution < 1.29 is 22.1 Å². The highest BCUT2D eigenvalue weighted by Gasteiger charge is 2.33. The van der Waals surface area contributed by atoms with Gasteiger partial charge in [-0.05, 0) is 19.8 Å². The van der Waals surface area contributed by atoms with Crippen molar-refractivity contribution in [1.29, 1.82) is 0 Å². The highest BCUT2D eigenvalue weighted by Crippen LogP contribution is 2.33. The molecule has 0 radical (unpaired) electrons. The number of hydrogen-bond acceptors (Lipinski definition) is 9. The van der Waals surface area contributed by atoms with E-state index in [9.17, 15) is 8.42 Å². The van der Waals surface area contributed by atoms with Crippen LogP contribution in [0.5, 0.6) is 0 Å². The van der Waals surface area contributed by atoms with Gasteiger partial charge < -0.3 is 13.7 Å². The molecule has 4 rings (SSSR count). The molecule has 1 atom stereocenters. The highest BCUT2D eigenvalue weighted by atomic mass is 32.2. The van der Waals surface area contributed by atoms with E-state index in [1.54, 1.807) is 14.0 Å². The summed E-state index contributed by atoms with van der Waals surface area (Å²) in [5.74, 6) is 1.73. The summed E-state index contributed by atoms with van der Waals surface area (Å²) in [5, 5.41) is 12.6. The van der Waals surface area contributed by atoms with E-state index in [2.05, 4.69) is 20.3 Å². The lowest BCUT2D eigenvalue weighted by molar-refractivity contribution is 0.143. The molecule has 3 aromatic rings. The van der Waals surface area contributed by atoms with Gasteiger partial charge in [-0.2, -0.15) is 0 Å². The minimum atomic E-state index is -3.00. The molecule has 0 amide bonds. The zero-order valence-corrected chi connectivity index (χ0v) is 18.5. The molecule has 0 saturated carbocycles. The lowest BCUT2D eigenvalue weighted by atomic mass is 10.1. The summed E-state index contributed by atoms with van der Waals surface area (Å²) in [4.78, 5) is 2.10. The first kappa shape index (κ1) is 21.7. The fourth-order valence-corrected chi connectivity index (χ4v) is 5.64. The molecule has 0 aliphatic carbocycles. The molecule has 166 valence electrons. The standard InChI is InChI=1S/C21H26N4O5S/c1-15-19(20(24-30-15)16-7-4-3-5-8-16)21-23-22-18(29-21)13-25(10-6-11-28-2)17-9-12-31(26,27)14-17/h3-5,7-8,17H,6,9-14H2,1-2H3. The second-order valence-corrected chi connectivity index (χ2v) is 9.93. The molecule has 3 heterocycles. The molecule has 1 aromatic carbocycles. The predicted octanol–water partition coefficient (Wildman–Crippen LogP) is 2.73. The summed E-state index contributed by atoms with van der Waals surface area (Å²) in [6.07, 6.45) is 1.40. The van der Waals surface area contributed by atoms with E-state index in [0.717, 1.165) is 12.0 Å². The van der Waals surface area contributed by atoms with Gasteiger partial charge in [0.2, 0.25) is 5.89 Å². The highest BCUT2D eigenvalue weighted by molar-refractivity contribution is 7.91. The minimum absolute atomic E-state index is 0.0607. The maximum atomic E-state index is 12.0. The monoisotopic (exact) mass is 446 g/mol. The van der Waals surface area contributed by atoms with Gasteiger partial charge in [0.05, 0.1) is 18.1 Å². The Morgan fingerprint density at radius 2 is 2.03 bits per heavy atom. The fourth-order valence-electron chi connectivity index (χ4n) is 3.88. The van der Waals surface area contributed by atoms with Gasteiger partial charge in [0.1, 0.15) is 17.0 Å². The van der Waals surface area contributed by atoms with Crippen LogP contribution in [0, 0.1) is 6.92 Å². The normalized spacial score (nSPS) is 18.1. The third-order valence-corrected chi connectivity index (χ3v) is 7.20. The van der Waals surface area contributed by atoms with Crippen LogP contribution in [0.25, 0.3) is 22.7 Å². The summed E-state index contributed by atoms with van der Waals surface area (Å²) in [5.41, 5.74) is 2.21. The van der Waals surface area contributed by atoms with E-state index in [0.29, 0.717) is 54.9 Å². The van der Waals surface area contributed by atoms with E-state index in [-0.39, 0.29) is 17.5 Å². The van der Waals surface area contributed by atoms with Crippen LogP contribution in [0.2, 0.25) is 0 Å². The topological polar surface area (TPSA) is 112 Å². The van der Waals surface area contributed by atoms with Crippen molar-refractivity contribution in [3.63, 3.8) is 0 Å². The first-order valence-electron chi connectivity index (χ1n) is 10.2. The van der Waals surface area contributed by atoms with Gasteiger partial charge in [0.25, 0.3) is 5.89 Å². The molecule has 1 aliphatic heterocycles. The molecule has 0 N–H and O–H groups in total. The Labute approximate surface area is 181 Å². The lowest BCUT2D eigenvalue weighted by Gasteiger charge is -2.26. The van der Waals surface area contributed by atoms with Crippen molar-refractivity contribution in [2.45, 2.75) is 32.4 Å². The summed E-state index contributed by atoms with van der Waals surface area (Å²) >= 11 is 0. The minimum Gasteiger partial charge on any atom is -0.419 e. The van der Waals surface area contributed by atoms with Gasteiger partial charge in [-0.25, -0.2) is 8.42 Å². The fraction of sp³-hybridized carbons (Fsp3) is 0.476. The van der Waals surface area contributed by atoms with Crippen LogP contribution >= 0.6 is 0 Å². The summed E-state index contributed by atoms with van der Waals surface area (Å²) in [7, 11) is -1.34. The van der Waals surface area contributed by atoms with Crippen LogP contribution in [0.1, 0.15) is 24.5 Å². The van der Waals surface area contributed by atoms with Crippen LogP contribution in [-0.4, -0.2) is 66.5 Å². The van der Waals surface area contributed by atoms with Crippen molar-refractivity contribution in [1.82, 2.24) is 20.3 Å². The second kappa shape index (κ2) is 9.29. The molecule has 10 heteroatoms. The third kappa shape index (κ3) is 5.03. The molecule has 1 fully saturated rings. The molecule has 9 nitrogen and oxygen atoms in total. The molecule has 1 saturated heterocycles. The maximum Gasteiger partial charge on any atom is 0.253 e. The van der Waals surface area contributed by atoms with E-state index in [1.165, 1.54) is 0 Å². The summed E-state index contributed by atoms with van der Waals surface area (Å²) < 4.78 is 40.5. The van der Waals surface area contributed by atoms with E-state index >= 15 is 0 Å². The Morgan fingerprint density at radius 1 is 1.23 bits per heavy atom. The Kier molecular flexibility index (Phi) is 6.49. The predicted molar refractivity (Wildman–Crippen MR) is 114 cm³/mol. The summed E-state index contributed by atoms with van der Waals surface area (Å²) in [6, 6.07) is 9.61. The molecule has 31 heavy (non-hydrogen) atoms. The van der Waals surface area contributed by atoms with Gasteiger partial charge in [0.15, 0.2) is 9.84 Å². The van der Waals surface area contributed by atoms with Crippen molar-refractivity contribution in [2.24, 2.45) is 0 Å². The molecule has 1 aliphatic rings. The Morgan fingerprint density at radius 3 is 2.74 bits per heavy atom. The Balaban J connectivity index is 1.56. The van der Waals surface area contributed by atoms with Crippen LogP contribution < -0.4 is 0 Å². The van der Waals surface area contributed by atoms with Crippen molar-refractivity contribution in [3.05, 3.63) is 42.0 Å². The van der Waals surface area contributed by atoms with Gasteiger partial charge >= 0.3 is 0 Å². The zero-order chi connectivity index (χ0) is 21.8. The van der Waals surface area contributed by atoms with E-state index in [1.807, 2.05) is 30.3 Å². The Hall–Kier alpha value is -2.56. The molecule has 2 aromatic heterocycles. The number of nitrogens with zero attached hydrogens (tertiary/aromatic N) is 4. The first-order valence-corrected chi connectivity index (χ1v) is 12.1. The van der Waals surface area contributed by atoms with Crippen LogP contribution in [0.4, 0.5) is 0 Å². The van der Waals surface area contributed by atoms with Gasteiger partial charge in [-0.15, -0.1) is 10.2 Å². The van der Waals surface area contributed by atoms with Crippen molar-refractivity contribution >= 4 is 9.84 Å². The average molecular weight is 447 g/mol. The summed E-state index contributed by atoms with van der Waals surface area (Å²) in [6.45, 7) is 3.47. The quantitative estimate of drug-likeness (QED) is 0.458. The number of aromatic nitrogens is 3. The number of ether oxygens (including phenoxy) is 1. The van der Waals surface area contributed by atoms with E-state index < -0.39 is 9.84 Å². The van der Waals surface area contributed by atoms with Crippen molar-refractivity contribution in [3.8, 4) is 22.7 Å². The zero-order valence-electron chi connectivity index (χ0n) is 17.7. The second-order valence-electron chi connectivity index (χ2n) is 7.70. The number of hydrogen-bond donors (Lipinski definition) is 0. The van der Waals surface area contributed by atoms with Gasteiger partial charge in [0, 0.05) is 31.9 Å². The van der Waals surface area contributed by atoms with Gasteiger partial charge in [-0.3, -0.25) is 4.90 Å². The number of methoxy groups -OCH3 is 1. The molecule has 0 bridgehead atoms. The SMILES string of the molecule is COCCCN(Cc1nnc(-c2c(-c3ccccc3)noc2C)o1)C1CCS(=O)(=O)C1.